The van der Waals surface area contributed by atoms with Crippen molar-refractivity contribution in [2.45, 2.75) is 10.5 Å². The van der Waals surface area contributed by atoms with Crippen LogP contribution in [0.15, 0.2) is 11.5 Å². The maximum Gasteiger partial charge on any atom is 0.185 e. The highest BCUT2D eigenvalue weighted by Crippen LogP contribution is 2.15. The van der Waals surface area contributed by atoms with Crippen LogP contribution in [0.25, 0.3) is 0 Å². The smallest absolute Gasteiger partial charge is 0.185 e. The SMILES string of the molecule is Cn1ncnc1SCC(Cl)C#N. The van der Waals surface area contributed by atoms with E-state index in [-0.39, 0.29) is 0 Å². The fourth-order valence-corrected chi connectivity index (χ4v) is 1.52. The van der Waals surface area contributed by atoms with E-state index >= 15 is 0 Å². The molecule has 1 rings (SSSR count). The summed E-state index contributed by atoms with van der Waals surface area (Å²) < 4.78 is 1.64. The normalized spacial score (nSPS) is 12.4. The van der Waals surface area contributed by atoms with Gasteiger partial charge in [0.1, 0.15) is 11.7 Å². The molecule has 0 aliphatic carbocycles. The molecule has 0 aliphatic heterocycles. The van der Waals surface area contributed by atoms with Crippen molar-refractivity contribution in [2.75, 3.05) is 5.75 Å². The van der Waals surface area contributed by atoms with Crippen molar-refractivity contribution in [3.8, 4) is 6.07 Å². The number of aromatic nitrogens is 3. The quantitative estimate of drug-likeness (QED) is 0.543. The molecular formula is C6H7ClN4S. The molecule has 0 spiro atoms. The minimum atomic E-state index is -0.466. The molecule has 1 aromatic rings. The zero-order valence-electron chi connectivity index (χ0n) is 6.44. The number of hydrogen-bond donors (Lipinski definition) is 0. The molecule has 0 aromatic carbocycles. The Kier molecular flexibility index (Phi) is 3.38. The maximum absolute atomic E-state index is 8.39. The first-order valence-electron chi connectivity index (χ1n) is 3.24. The predicted octanol–water partition coefficient (Wildman–Crippen LogP) is 1.04. The Hall–Kier alpha value is -0.730. The predicted molar refractivity (Wildman–Crippen MR) is 47.0 cm³/mol. The van der Waals surface area contributed by atoms with Crippen LogP contribution < -0.4 is 0 Å². The van der Waals surface area contributed by atoms with E-state index in [0.29, 0.717) is 5.75 Å². The van der Waals surface area contributed by atoms with Crippen molar-refractivity contribution in [3.63, 3.8) is 0 Å². The fraction of sp³-hybridized carbons (Fsp3) is 0.500. The maximum atomic E-state index is 8.39. The minimum absolute atomic E-state index is 0.466. The van der Waals surface area contributed by atoms with Crippen LogP contribution in [0.3, 0.4) is 0 Å². The van der Waals surface area contributed by atoms with E-state index in [9.17, 15) is 0 Å². The molecule has 4 nitrogen and oxygen atoms in total. The first-order chi connectivity index (χ1) is 5.74. The van der Waals surface area contributed by atoms with Crippen molar-refractivity contribution >= 4 is 23.4 Å². The molecule has 0 fully saturated rings. The molecule has 0 amide bonds. The number of rotatable bonds is 3. The van der Waals surface area contributed by atoms with Crippen LogP contribution >= 0.6 is 23.4 Å². The lowest BCUT2D eigenvalue weighted by atomic mass is 10.5. The summed E-state index contributed by atoms with van der Waals surface area (Å²) in [5.41, 5.74) is 0. The number of alkyl halides is 1. The summed E-state index contributed by atoms with van der Waals surface area (Å²) in [6.45, 7) is 0. The van der Waals surface area contributed by atoms with Gasteiger partial charge < -0.3 is 0 Å². The Morgan fingerprint density at radius 1 is 1.92 bits per heavy atom. The Morgan fingerprint density at radius 2 is 2.67 bits per heavy atom. The third-order valence-corrected chi connectivity index (χ3v) is 2.73. The van der Waals surface area contributed by atoms with E-state index in [1.807, 2.05) is 6.07 Å². The van der Waals surface area contributed by atoms with E-state index in [1.54, 1.807) is 11.7 Å². The van der Waals surface area contributed by atoms with Crippen LogP contribution in [0, 0.1) is 11.3 Å². The summed E-state index contributed by atoms with van der Waals surface area (Å²) in [6.07, 6.45) is 1.47. The lowest BCUT2D eigenvalue weighted by Gasteiger charge is -1.98. The largest absolute Gasteiger partial charge is 0.244 e. The number of aryl methyl sites for hydroxylation is 1. The van der Waals surface area contributed by atoms with E-state index in [4.69, 9.17) is 16.9 Å². The van der Waals surface area contributed by atoms with E-state index in [1.165, 1.54) is 18.1 Å². The average Bonchev–Trinajstić information content (AvgIpc) is 2.47. The van der Waals surface area contributed by atoms with Crippen LogP contribution in [0.1, 0.15) is 0 Å². The molecule has 1 aromatic heterocycles. The van der Waals surface area contributed by atoms with Gasteiger partial charge in [0.25, 0.3) is 0 Å². The molecule has 0 saturated heterocycles. The van der Waals surface area contributed by atoms with Gasteiger partial charge in [0, 0.05) is 12.8 Å². The van der Waals surface area contributed by atoms with Crippen molar-refractivity contribution in [3.05, 3.63) is 6.33 Å². The molecular weight excluding hydrogens is 196 g/mol. The molecule has 12 heavy (non-hydrogen) atoms. The third-order valence-electron chi connectivity index (χ3n) is 1.17. The molecule has 1 atom stereocenters. The summed E-state index contributed by atoms with van der Waals surface area (Å²) in [4.78, 5) is 3.97. The second-order valence-electron chi connectivity index (χ2n) is 2.07. The lowest BCUT2D eigenvalue weighted by molar-refractivity contribution is 0.685. The zero-order valence-corrected chi connectivity index (χ0v) is 8.01. The fourth-order valence-electron chi connectivity index (χ4n) is 0.601. The van der Waals surface area contributed by atoms with Gasteiger partial charge in [-0.1, -0.05) is 11.8 Å². The zero-order chi connectivity index (χ0) is 8.97. The number of hydrogen-bond acceptors (Lipinski definition) is 4. The summed E-state index contributed by atoms with van der Waals surface area (Å²) in [5.74, 6) is 0.532. The average molecular weight is 203 g/mol. The van der Waals surface area contributed by atoms with Crippen LogP contribution in [0.2, 0.25) is 0 Å². The Bertz CT molecular complexity index is 292. The van der Waals surface area contributed by atoms with Gasteiger partial charge in [-0.05, 0) is 0 Å². The number of nitrogens with zero attached hydrogens (tertiary/aromatic N) is 4. The summed E-state index contributed by atoms with van der Waals surface area (Å²) in [5, 5.41) is 12.6. The molecule has 0 radical (unpaired) electrons. The van der Waals surface area contributed by atoms with Crippen LogP contribution in [0.4, 0.5) is 0 Å². The Morgan fingerprint density at radius 3 is 3.17 bits per heavy atom. The third kappa shape index (κ3) is 2.40. The summed E-state index contributed by atoms with van der Waals surface area (Å²) >= 11 is 7.02. The number of halogens is 1. The van der Waals surface area contributed by atoms with Gasteiger partial charge in [0.15, 0.2) is 5.16 Å². The molecule has 0 N–H and O–H groups in total. The standard InChI is InChI=1S/C6H7ClN4S/c1-11-6(9-4-10-11)12-3-5(7)2-8/h4-5H,3H2,1H3. The summed E-state index contributed by atoms with van der Waals surface area (Å²) in [6, 6.07) is 1.93. The van der Waals surface area contributed by atoms with Gasteiger partial charge in [-0.2, -0.15) is 10.4 Å². The van der Waals surface area contributed by atoms with Gasteiger partial charge in [-0.25, -0.2) is 9.67 Å². The van der Waals surface area contributed by atoms with Gasteiger partial charge in [0.2, 0.25) is 0 Å². The highest BCUT2D eigenvalue weighted by atomic mass is 35.5. The first kappa shape index (κ1) is 9.36. The van der Waals surface area contributed by atoms with Crippen molar-refractivity contribution in [1.82, 2.24) is 14.8 Å². The van der Waals surface area contributed by atoms with Gasteiger partial charge >= 0.3 is 0 Å². The monoisotopic (exact) mass is 202 g/mol. The van der Waals surface area contributed by atoms with Gasteiger partial charge in [-0.3, -0.25) is 0 Å². The Balaban J connectivity index is 2.44. The van der Waals surface area contributed by atoms with Crippen LogP contribution in [-0.4, -0.2) is 25.9 Å². The second kappa shape index (κ2) is 4.33. The topological polar surface area (TPSA) is 54.5 Å². The summed E-state index contributed by atoms with van der Waals surface area (Å²) in [7, 11) is 1.80. The molecule has 6 heteroatoms. The lowest BCUT2D eigenvalue weighted by Crippen LogP contribution is -2.00. The Labute approximate surface area is 79.5 Å². The van der Waals surface area contributed by atoms with E-state index in [2.05, 4.69) is 10.1 Å². The van der Waals surface area contributed by atoms with Gasteiger partial charge in [-0.15, -0.1) is 11.6 Å². The number of nitriles is 1. The molecule has 0 aliphatic rings. The highest BCUT2D eigenvalue weighted by molar-refractivity contribution is 7.99. The van der Waals surface area contributed by atoms with Crippen molar-refractivity contribution in [1.29, 1.82) is 5.26 Å². The van der Waals surface area contributed by atoms with Crippen LogP contribution in [-0.2, 0) is 7.05 Å². The second-order valence-corrected chi connectivity index (χ2v) is 3.59. The molecule has 1 unspecified atom stereocenters. The van der Waals surface area contributed by atoms with E-state index in [0.717, 1.165) is 5.16 Å². The molecule has 0 saturated carbocycles. The molecule has 0 bridgehead atoms. The molecule has 1 heterocycles. The van der Waals surface area contributed by atoms with Crippen molar-refractivity contribution < 1.29 is 0 Å². The highest BCUT2D eigenvalue weighted by Gasteiger charge is 2.06. The minimum Gasteiger partial charge on any atom is -0.244 e. The first-order valence-corrected chi connectivity index (χ1v) is 4.66. The van der Waals surface area contributed by atoms with Crippen molar-refractivity contribution in [2.24, 2.45) is 7.05 Å². The number of thioether (sulfide) groups is 1. The van der Waals surface area contributed by atoms with Crippen LogP contribution in [0.5, 0.6) is 0 Å². The molecule has 64 valence electrons. The van der Waals surface area contributed by atoms with Gasteiger partial charge in [0.05, 0.1) is 6.07 Å². The van der Waals surface area contributed by atoms with E-state index < -0.39 is 5.38 Å².